The number of hydrogen-bond acceptors (Lipinski definition) is 7. The van der Waals surface area contributed by atoms with Crippen LogP contribution < -0.4 is 5.32 Å². The van der Waals surface area contributed by atoms with Crippen LogP contribution >= 0.6 is 11.6 Å². The molecule has 1 N–H and O–H groups in total. The van der Waals surface area contributed by atoms with Gasteiger partial charge < -0.3 is 24.3 Å². The van der Waals surface area contributed by atoms with Crippen molar-refractivity contribution in [3.63, 3.8) is 0 Å². The zero-order chi connectivity index (χ0) is 25.0. The first-order valence-electron chi connectivity index (χ1n) is 10.8. The van der Waals surface area contributed by atoms with E-state index in [2.05, 4.69) is 44.6 Å². The highest BCUT2D eigenvalue weighted by Gasteiger charge is 2.37. The van der Waals surface area contributed by atoms with Gasteiger partial charge in [0, 0.05) is 5.02 Å². The molecule has 0 fully saturated rings. The van der Waals surface area contributed by atoms with Crippen molar-refractivity contribution < 1.29 is 28.5 Å². The molecule has 10 heteroatoms. The van der Waals surface area contributed by atoms with E-state index in [0.29, 0.717) is 34.4 Å². The molecule has 1 aliphatic rings. The molecular formula is C23H34ClNO6Si2. The first-order chi connectivity index (χ1) is 15.2. The summed E-state index contributed by atoms with van der Waals surface area (Å²) in [7, 11) is -3.26. The Morgan fingerprint density at radius 2 is 1.27 bits per heavy atom. The second-order valence-electron chi connectivity index (χ2n) is 10.5. The fourth-order valence-corrected chi connectivity index (χ4v) is 4.36. The van der Waals surface area contributed by atoms with Crippen LogP contribution in [0.3, 0.4) is 0 Å². The van der Waals surface area contributed by atoms with E-state index < -0.39 is 34.4 Å². The van der Waals surface area contributed by atoms with Gasteiger partial charge in [-0.1, -0.05) is 69.1 Å². The summed E-state index contributed by atoms with van der Waals surface area (Å²) in [4.78, 5) is 25.1. The number of ether oxygens (including phenoxy) is 4. The largest absolute Gasteiger partial charge is 0.513 e. The third-order valence-electron chi connectivity index (χ3n) is 4.49. The van der Waals surface area contributed by atoms with Crippen LogP contribution in [0.1, 0.15) is 25.3 Å². The predicted octanol–water partition coefficient (Wildman–Crippen LogP) is 6.55. The Balaban J connectivity index is 2.38. The average molecular weight is 512 g/mol. The summed E-state index contributed by atoms with van der Waals surface area (Å²) in [5.74, 6) is -0.233. The van der Waals surface area contributed by atoms with Gasteiger partial charge in [-0.3, -0.25) is 0 Å². The fourth-order valence-electron chi connectivity index (χ4n) is 3.01. The predicted molar refractivity (Wildman–Crippen MR) is 134 cm³/mol. The third-order valence-corrected chi connectivity index (χ3v) is 6.85. The van der Waals surface area contributed by atoms with Crippen molar-refractivity contribution in [2.24, 2.45) is 0 Å². The minimum atomic E-state index is -1.63. The molecule has 0 aromatic heterocycles. The van der Waals surface area contributed by atoms with E-state index in [-0.39, 0.29) is 11.5 Å². The zero-order valence-electron chi connectivity index (χ0n) is 20.6. The Bertz CT molecular complexity index is 908. The van der Waals surface area contributed by atoms with Crippen molar-refractivity contribution in [1.82, 2.24) is 5.32 Å². The first kappa shape index (κ1) is 27.0. The lowest BCUT2D eigenvalue weighted by atomic mass is 9.90. The monoisotopic (exact) mass is 511 g/mol. The SMILES string of the molecule is CC1=C(OC(=O)OC[Si](C)(C)C)C(c2ccccc2Cl)C(OC(=O)OC[Si](C)(C)C)=C(C)N1. The average Bonchev–Trinajstić information content (AvgIpc) is 2.68. The van der Waals surface area contributed by atoms with Gasteiger partial charge in [0.15, 0.2) is 0 Å². The van der Waals surface area contributed by atoms with Gasteiger partial charge in [-0.2, -0.15) is 0 Å². The van der Waals surface area contributed by atoms with Gasteiger partial charge in [0.05, 0.1) is 40.0 Å². The highest BCUT2D eigenvalue weighted by Crippen LogP contribution is 2.42. The van der Waals surface area contributed by atoms with Gasteiger partial charge in [-0.25, -0.2) is 9.59 Å². The molecule has 1 aliphatic heterocycles. The molecule has 0 atom stereocenters. The van der Waals surface area contributed by atoms with Crippen LogP contribution in [0.2, 0.25) is 44.3 Å². The number of carbonyl (C=O) groups is 2. The lowest BCUT2D eigenvalue weighted by Crippen LogP contribution is -2.33. The molecule has 182 valence electrons. The molecule has 0 bridgehead atoms. The van der Waals surface area contributed by atoms with Crippen LogP contribution in [-0.4, -0.2) is 40.9 Å². The van der Waals surface area contributed by atoms with E-state index in [1.807, 2.05) is 6.07 Å². The Kier molecular flexibility index (Phi) is 8.84. The van der Waals surface area contributed by atoms with Crippen molar-refractivity contribution in [2.75, 3.05) is 12.5 Å². The second kappa shape index (κ2) is 10.8. The van der Waals surface area contributed by atoms with Gasteiger partial charge in [0.1, 0.15) is 17.4 Å². The molecule has 0 saturated heterocycles. The van der Waals surface area contributed by atoms with Crippen molar-refractivity contribution in [1.29, 1.82) is 0 Å². The molecule has 0 unspecified atom stereocenters. The van der Waals surface area contributed by atoms with E-state index in [1.54, 1.807) is 32.0 Å². The molecular weight excluding hydrogens is 478 g/mol. The fraction of sp³-hybridized carbons (Fsp3) is 0.478. The Morgan fingerprint density at radius 3 is 1.67 bits per heavy atom. The second-order valence-corrected chi connectivity index (χ2v) is 21.7. The Labute approximate surface area is 203 Å². The number of carbonyl (C=O) groups excluding carboxylic acids is 2. The number of rotatable bonds is 7. The first-order valence-corrected chi connectivity index (χ1v) is 18.6. The van der Waals surface area contributed by atoms with E-state index in [9.17, 15) is 9.59 Å². The Morgan fingerprint density at radius 1 is 0.848 bits per heavy atom. The molecule has 0 radical (unpaired) electrons. The molecule has 0 spiro atoms. The summed E-state index contributed by atoms with van der Waals surface area (Å²) in [6.07, 6.45) is -0.982. The van der Waals surface area contributed by atoms with E-state index in [0.717, 1.165) is 0 Å². The zero-order valence-corrected chi connectivity index (χ0v) is 23.4. The van der Waals surface area contributed by atoms with Gasteiger partial charge in [-0.15, -0.1) is 0 Å². The molecule has 0 saturated carbocycles. The molecule has 1 aromatic carbocycles. The number of allylic oxidation sites excluding steroid dienone is 2. The highest BCUT2D eigenvalue weighted by atomic mass is 35.5. The van der Waals surface area contributed by atoms with Gasteiger partial charge in [0.2, 0.25) is 0 Å². The maximum atomic E-state index is 12.5. The van der Waals surface area contributed by atoms with Crippen molar-refractivity contribution in [3.05, 3.63) is 57.8 Å². The minimum Gasteiger partial charge on any atom is -0.438 e. The summed E-state index contributed by atoms with van der Waals surface area (Å²) < 4.78 is 22.0. The Hall–Kier alpha value is -2.24. The van der Waals surface area contributed by atoms with E-state index >= 15 is 0 Å². The molecule has 2 rings (SSSR count). The van der Waals surface area contributed by atoms with Gasteiger partial charge in [0.25, 0.3) is 0 Å². The van der Waals surface area contributed by atoms with Gasteiger partial charge in [-0.05, 0) is 25.5 Å². The number of benzene rings is 1. The molecule has 1 heterocycles. The van der Waals surface area contributed by atoms with Crippen LogP contribution in [0, 0.1) is 0 Å². The molecule has 1 aromatic rings. The third kappa shape index (κ3) is 8.24. The van der Waals surface area contributed by atoms with Crippen LogP contribution in [0.15, 0.2) is 47.2 Å². The van der Waals surface area contributed by atoms with Crippen molar-refractivity contribution >= 4 is 40.1 Å². The van der Waals surface area contributed by atoms with Crippen LogP contribution in [-0.2, 0) is 18.9 Å². The summed E-state index contributed by atoms with van der Waals surface area (Å²) >= 11 is 6.50. The smallest absolute Gasteiger partial charge is 0.438 e. The molecule has 7 nitrogen and oxygen atoms in total. The number of halogens is 1. The van der Waals surface area contributed by atoms with Crippen LogP contribution in [0.4, 0.5) is 9.59 Å². The maximum Gasteiger partial charge on any atom is 0.513 e. The number of dihydropyridines is 1. The molecule has 0 amide bonds. The maximum absolute atomic E-state index is 12.5. The quantitative estimate of drug-likeness (QED) is 0.328. The highest BCUT2D eigenvalue weighted by molar-refractivity contribution is 6.76. The number of nitrogens with one attached hydrogen (secondary N) is 1. The lowest BCUT2D eigenvalue weighted by Gasteiger charge is -2.31. The van der Waals surface area contributed by atoms with Gasteiger partial charge >= 0.3 is 12.3 Å². The van der Waals surface area contributed by atoms with Crippen molar-refractivity contribution in [2.45, 2.75) is 59.0 Å². The van der Waals surface area contributed by atoms with E-state index in [4.69, 9.17) is 30.5 Å². The normalized spacial score (nSPS) is 15.2. The van der Waals surface area contributed by atoms with Crippen molar-refractivity contribution in [3.8, 4) is 0 Å². The summed E-state index contributed by atoms with van der Waals surface area (Å²) in [6, 6.07) is 7.14. The number of hydrogen-bond donors (Lipinski definition) is 1. The lowest BCUT2D eigenvalue weighted by molar-refractivity contribution is 0.0718. The standard InChI is InChI=1S/C23H34ClNO6Si2/c1-15-20(30-22(26)28-13-32(3,4)5)19(17-11-9-10-12-18(17)24)21(16(2)25-15)31-23(27)29-14-33(6,7)8/h9-12,19,25H,13-14H2,1-8H3. The summed E-state index contributed by atoms with van der Waals surface area (Å²) in [5, 5.41) is 3.56. The minimum absolute atomic E-state index is 0.252. The van der Waals surface area contributed by atoms with Crippen LogP contribution in [0.25, 0.3) is 0 Å². The summed E-state index contributed by atoms with van der Waals surface area (Å²) in [5.41, 5.74) is 1.80. The van der Waals surface area contributed by atoms with E-state index in [1.165, 1.54) is 0 Å². The molecule has 33 heavy (non-hydrogen) atoms. The topological polar surface area (TPSA) is 83.1 Å². The van der Waals surface area contributed by atoms with Crippen LogP contribution in [0.5, 0.6) is 0 Å². The molecule has 0 aliphatic carbocycles. The summed E-state index contributed by atoms with van der Waals surface area (Å²) in [6.45, 7) is 16.1.